The van der Waals surface area contributed by atoms with Gasteiger partial charge in [-0.1, -0.05) is 18.6 Å². The van der Waals surface area contributed by atoms with Crippen molar-refractivity contribution in [2.45, 2.75) is 55.1 Å². The van der Waals surface area contributed by atoms with Gasteiger partial charge in [-0.05, 0) is 49.8 Å². The summed E-state index contributed by atoms with van der Waals surface area (Å²) in [6.07, 6.45) is 4.07. The van der Waals surface area contributed by atoms with Crippen molar-refractivity contribution >= 4 is 10.8 Å². The smallest absolute Gasteiger partial charge is 0.126 e. The highest BCUT2D eigenvalue weighted by molar-refractivity contribution is 7.86. The number of fused-ring (bicyclic) bond motifs is 2. The van der Waals surface area contributed by atoms with E-state index in [9.17, 15) is 13.7 Å². The van der Waals surface area contributed by atoms with Gasteiger partial charge < -0.3 is 5.11 Å². The molecule has 2 heterocycles. The molecule has 1 aromatic rings. The molecule has 1 aromatic carbocycles. The molecule has 19 heavy (non-hydrogen) atoms. The molecule has 0 spiro atoms. The molecule has 1 N–H and O–H groups in total. The Hall–Kier alpha value is -0.740. The third-order valence-corrected chi connectivity index (χ3v) is 6.65. The topological polar surface area (TPSA) is 37.3 Å². The van der Waals surface area contributed by atoms with Gasteiger partial charge in [0.1, 0.15) is 5.82 Å². The van der Waals surface area contributed by atoms with Crippen molar-refractivity contribution in [2.24, 2.45) is 0 Å². The van der Waals surface area contributed by atoms with Gasteiger partial charge in [-0.3, -0.25) is 4.21 Å². The average molecular weight is 282 g/mol. The summed E-state index contributed by atoms with van der Waals surface area (Å²) in [7, 11) is -0.800. The summed E-state index contributed by atoms with van der Waals surface area (Å²) in [6, 6.07) is 4.83. The van der Waals surface area contributed by atoms with Gasteiger partial charge in [0.05, 0.1) is 5.60 Å². The van der Waals surface area contributed by atoms with Crippen LogP contribution in [-0.4, -0.2) is 19.8 Å². The zero-order valence-electron chi connectivity index (χ0n) is 11.1. The highest BCUT2D eigenvalue weighted by Gasteiger charge is 2.46. The van der Waals surface area contributed by atoms with Crippen LogP contribution in [-0.2, 0) is 16.4 Å². The van der Waals surface area contributed by atoms with Gasteiger partial charge in [-0.2, -0.15) is 0 Å². The second-order valence-corrected chi connectivity index (χ2v) is 7.90. The molecule has 2 nitrogen and oxygen atoms in total. The summed E-state index contributed by atoms with van der Waals surface area (Å²) < 4.78 is 25.5. The molecule has 104 valence electrons. The van der Waals surface area contributed by atoms with Crippen LogP contribution < -0.4 is 0 Å². The number of benzene rings is 1. The van der Waals surface area contributed by atoms with Crippen LogP contribution in [0.3, 0.4) is 0 Å². The lowest BCUT2D eigenvalue weighted by Crippen LogP contribution is -2.47. The molecule has 2 unspecified atom stereocenters. The SMILES string of the molecule is Cc1cc(C2(O)CC3CCCC(C2)S3=O)ccc1F. The second-order valence-electron chi connectivity index (χ2n) is 5.91. The lowest BCUT2D eigenvalue weighted by Gasteiger charge is -2.43. The van der Waals surface area contributed by atoms with Crippen molar-refractivity contribution in [2.75, 3.05) is 0 Å². The van der Waals surface area contributed by atoms with Crippen molar-refractivity contribution in [3.63, 3.8) is 0 Å². The molecule has 2 atom stereocenters. The summed E-state index contributed by atoms with van der Waals surface area (Å²) >= 11 is 0. The van der Waals surface area contributed by atoms with Gasteiger partial charge in [-0.15, -0.1) is 0 Å². The third kappa shape index (κ3) is 2.25. The fourth-order valence-corrected chi connectivity index (χ4v) is 5.67. The van der Waals surface area contributed by atoms with E-state index in [0.717, 1.165) is 24.8 Å². The van der Waals surface area contributed by atoms with Crippen molar-refractivity contribution < 1.29 is 13.7 Å². The zero-order chi connectivity index (χ0) is 13.6. The largest absolute Gasteiger partial charge is 0.385 e. The minimum atomic E-state index is -0.928. The van der Waals surface area contributed by atoms with Crippen molar-refractivity contribution in [3.05, 3.63) is 35.1 Å². The molecule has 0 saturated carbocycles. The summed E-state index contributed by atoms with van der Waals surface area (Å²) in [5, 5.41) is 11.1. The maximum absolute atomic E-state index is 13.4. The minimum absolute atomic E-state index is 0.0999. The predicted octanol–water partition coefficient (Wildman–Crippen LogP) is 2.79. The average Bonchev–Trinajstić information content (AvgIpc) is 2.35. The number of aliphatic hydroxyl groups is 1. The first-order valence-electron chi connectivity index (χ1n) is 6.88. The third-order valence-electron chi connectivity index (χ3n) is 4.54. The van der Waals surface area contributed by atoms with E-state index in [1.165, 1.54) is 6.07 Å². The normalized spacial score (nSPS) is 38.2. The van der Waals surface area contributed by atoms with Crippen LogP contribution in [0.1, 0.15) is 43.2 Å². The number of halogens is 1. The molecule has 2 fully saturated rings. The van der Waals surface area contributed by atoms with Gasteiger partial charge >= 0.3 is 0 Å². The highest BCUT2D eigenvalue weighted by atomic mass is 32.2. The lowest BCUT2D eigenvalue weighted by atomic mass is 9.80. The van der Waals surface area contributed by atoms with Gasteiger partial charge in [0.15, 0.2) is 0 Å². The fraction of sp³-hybridized carbons (Fsp3) is 0.600. The number of rotatable bonds is 1. The van der Waals surface area contributed by atoms with Crippen LogP contribution in [0.2, 0.25) is 0 Å². The van der Waals surface area contributed by atoms with E-state index in [4.69, 9.17) is 0 Å². The van der Waals surface area contributed by atoms with Crippen LogP contribution in [0.5, 0.6) is 0 Å². The van der Waals surface area contributed by atoms with Gasteiger partial charge in [0.2, 0.25) is 0 Å². The van der Waals surface area contributed by atoms with Crippen LogP contribution in [0.4, 0.5) is 4.39 Å². The summed E-state index contributed by atoms with van der Waals surface area (Å²) in [5.74, 6) is -0.244. The first-order chi connectivity index (χ1) is 8.99. The van der Waals surface area contributed by atoms with E-state index in [1.807, 2.05) is 0 Å². The summed E-state index contributed by atoms with van der Waals surface area (Å²) in [5.41, 5.74) is 0.407. The van der Waals surface area contributed by atoms with E-state index >= 15 is 0 Å². The molecule has 4 heteroatoms. The quantitative estimate of drug-likeness (QED) is 0.860. The van der Waals surface area contributed by atoms with Gasteiger partial charge in [-0.25, -0.2) is 4.39 Å². The van der Waals surface area contributed by atoms with E-state index in [-0.39, 0.29) is 16.3 Å². The molecular formula is C15H19FO2S. The number of aryl methyl sites for hydroxylation is 1. The monoisotopic (exact) mass is 282 g/mol. The molecular weight excluding hydrogens is 263 g/mol. The summed E-state index contributed by atoms with van der Waals surface area (Å²) in [6.45, 7) is 1.71. The predicted molar refractivity (Wildman–Crippen MR) is 73.8 cm³/mol. The minimum Gasteiger partial charge on any atom is -0.385 e. The van der Waals surface area contributed by atoms with E-state index in [2.05, 4.69) is 0 Å². The molecule has 2 aliphatic rings. The molecule has 0 radical (unpaired) electrons. The zero-order valence-corrected chi connectivity index (χ0v) is 11.9. The maximum Gasteiger partial charge on any atom is 0.126 e. The molecule has 0 aliphatic carbocycles. The Morgan fingerprint density at radius 1 is 1.32 bits per heavy atom. The fourth-order valence-electron chi connectivity index (χ4n) is 3.45. The van der Waals surface area contributed by atoms with Crippen molar-refractivity contribution in [1.82, 2.24) is 0 Å². The Labute approximate surface area is 115 Å². The van der Waals surface area contributed by atoms with Crippen LogP contribution in [0, 0.1) is 12.7 Å². The lowest BCUT2D eigenvalue weighted by molar-refractivity contribution is 0.00643. The van der Waals surface area contributed by atoms with Gasteiger partial charge in [0, 0.05) is 21.3 Å². The highest BCUT2D eigenvalue weighted by Crippen LogP contribution is 2.44. The number of hydrogen-bond acceptors (Lipinski definition) is 2. The molecule has 0 aromatic heterocycles. The molecule has 3 rings (SSSR count). The first kappa shape index (κ1) is 13.3. The Bertz CT molecular complexity index is 513. The molecule has 0 amide bonds. The Balaban J connectivity index is 1.95. The van der Waals surface area contributed by atoms with Crippen molar-refractivity contribution in [3.8, 4) is 0 Å². The number of hydrogen-bond donors (Lipinski definition) is 1. The molecule has 2 aliphatic heterocycles. The molecule has 2 saturated heterocycles. The Morgan fingerprint density at radius 2 is 1.95 bits per heavy atom. The van der Waals surface area contributed by atoms with Crippen LogP contribution in [0.15, 0.2) is 18.2 Å². The Kier molecular flexibility index (Phi) is 3.26. The van der Waals surface area contributed by atoms with Gasteiger partial charge in [0.25, 0.3) is 0 Å². The van der Waals surface area contributed by atoms with Crippen LogP contribution in [0.25, 0.3) is 0 Å². The summed E-state index contributed by atoms with van der Waals surface area (Å²) in [4.78, 5) is 0. The standard InChI is InChI=1S/C15H19FO2S/c1-10-7-11(5-6-14(10)16)15(17)8-12-3-2-4-13(9-15)19(12)18/h5-7,12-13,17H,2-4,8-9H2,1H3. The first-order valence-corrected chi connectivity index (χ1v) is 8.15. The van der Waals surface area contributed by atoms with Crippen LogP contribution >= 0.6 is 0 Å². The van der Waals surface area contributed by atoms with E-state index in [0.29, 0.717) is 18.4 Å². The maximum atomic E-state index is 13.4. The van der Waals surface area contributed by atoms with Crippen molar-refractivity contribution in [1.29, 1.82) is 0 Å². The molecule has 2 bridgehead atoms. The Morgan fingerprint density at radius 3 is 2.53 bits per heavy atom. The van der Waals surface area contributed by atoms with E-state index < -0.39 is 16.4 Å². The van der Waals surface area contributed by atoms with E-state index in [1.54, 1.807) is 19.1 Å². The second kappa shape index (κ2) is 4.67.